The van der Waals surface area contributed by atoms with Gasteiger partial charge in [-0.05, 0) is 55.4 Å². The lowest BCUT2D eigenvalue weighted by molar-refractivity contribution is -0.142. The van der Waals surface area contributed by atoms with E-state index in [1.54, 1.807) is 30.3 Å². The summed E-state index contributed by atoms with van der Waals surface area (Å²) in [5.41, 5.74) is 0.264. The average Bonchev–Trinajstić information content (AvgIpc) is 2.76. The van der Waals surface area contributed by atoms with Crippen LogP contribution in [0.25, 0.3) is 0 Å². The van der Waals surface area contributed by atoms with Crippen molar-refractivity contribution in [2.75, 3.05) is 24.7 Å². The molecule has 8 heteroatoms. The van der Waals surface area contributed by atoms with Crippen LogP contribution in [0.15, 0.2) is 48.5 Å². The van der Waals surface area contributed by atoms with Crippen molar-refractivity contribution < 1.29 is 28.2 Å². The number of carbonyl (C=O) groups excluding carboxylic acids is 1. The van der Waals surface area contributed by atoms with Crippen LogP contribution >= 0.6 is 0 Å². The molecule has 0 aromatic heterocycles. The number of anilines is 2. The fourth-order valence-corrected chi connectivity index (χ4v) is 3.97. The molecule has 0 bridgehead atoms. The van der Waals surface area contributed by atoms with Crippen molar-refractivity contribution in [1.29, 1.82) is 0 Å². The van der Waals surface area contributed by atoms with Crippen molar-refractivity contribution in [3.63, 3.8) is 0 Å². The van der Waals surface area contributed by atoms with Crippen LogP contribution in [0.2, 0.25) is 0 Å². The van der Waals surface area contributed by atoms with Gasteiger partial charge in [0.2, 0.25) is 0 Å². The molecule has 2 N–H and O–H groups in total. The van der Waals surface area contributed by atoms with E-state index in [9.17, 15) is 18.4 Å². The van der Waals surface area contributed by atoms with Gasteiger partial charge in [-0.3, -0.25) is 4.90 Å². The molecule has 3 rings (SSSR count). The molecule has 6 nitrogen and oxygen atoms in total. The summed E-state index contributed by atoms with van der Waals surface area (Å²) in [5, 5.41) is 11.5. The number of halogens is 2. The highest BCUT2D eigenvalue weighted by Gasteiger charge is 2.26. The molecule has 2 aromatic carbocycles. The topological polar surface area (TPSA) is 78.9 Å². The van der Waals surface area contributed by atoms with Gasteiger partial charge in [0, 0.05) is 6.54 Å². The summed E-state index contributed by atoms with van der Waals surface area (Å²) in [6.45, 7) is 0.444. The minimum absolute atomic E-state index is 0.160. The smallest absolute Gasteiger partial charge is 0.329 e. The lowest BCUT2D eigenvalue weighted by Gasteiger charge is -2.30. The van der Waals surface area contributed by atoms with Gasteiger partial charge in [-0.15, -0.1) is 0 Å². The number of benzene rings is 2. The van der Waals surface area contributed by atoms with Crippen LogP contribution in [0.4, 0.5) is 25.0 Å². The SMILES string of the molecule is O=C(O)COCC1CCCC(CNC(=O)N(c2ccccc2)c2cccc(F)c2F)C1. The molecule has 2 amide bonds. The minimum atomic E-state index is -1.09. The first-order chi connectivity index (χ1) is 15.0. The highest BCUT2D eigenvalue weighted by molar-refractivity contribution is 5.99. The van der Waals surface area contributed by atoms with Gasteiger partial charge in [0.05, 0.1) is 18.0 Å². The Morgan fingerprint density at radius 3 is 2.55 bits per heavy atom. The number of aliphatic carboxylic acids is 1. The highest BCUT2D eigenvalue weighted by atomic mass is 19.2. The number of nitrogens with zero attached hydrogens (tertiary/aromatic N) is 1. The predicted octanol–water partition coefficient (Wildman–Crippen LogP) is 4.72. The number of carboxylic acid groups (broad SMARTS) is 1. The van der Waals surface area contributed by atoms with Crippen LogP contribution in [0.1, 0.15) is 25.7 Å². The van der Waals surface area contributed by atoms with Crippen molar-refractivity contribution >= 4 is 23.4 Å². The first-order valence-corrected chi connectivity index (χ1v) is 10.3. The maximum absolute atomic E-state index is 14.5. The molecular weight excluding hydrogens is 406 g/mol. The van der Waals surface area contributed by atoms with E-state index < -0.39 is 23.6 Å². The number of carboxylic acids is 1. The first-order valence-electron chi connectivity index (χ1n) is 10.3. The molecule has 0 saturated heterocycles. The monoisotopic (exact) mass is 432 g/mol. The number of hydrogen-bond donors (Lipinski definition) is 2. The average molecular weight is 432 g/mol. The van der Waals surface area contributed by atoms with Crippen LogP contribution in [-0.4, -0.2) is 36.9 Å². The van der Waals surface area contributed by atoms with Crippen molar-refractivity contribution in [2.24, 2.45) is 11.8 Å². The Kier molecular flexibility index (Phi) is 7.94. The number of ether oxygens (including phenoxy) is 1. The maximum Gasteiger partial charge on any atom is 0.329 e. The Bertz CT molecular complexity index is 894. The van der Waals surface area contributed by atoms with Gasteiger partial charge >= 0.3 is 12.0 Å². The molecule has 0 radical (unpaired) electrons. The second kappa shape index (κ2) is 10.9. The maximum atomic E-state index is 14.5. The van der Waals surface area contributed by atoms with Gasteiger partial charge in [-0.25, -0.2) is 18.4 Å². The number of urea groups is 1. The number of para-hydroxylation sites is 1. The first kappa shape index (κ1) is 22.7. The molecule has 1 aliphatic carbocycles. The Balaban J connectivity index is 1.66. The number of nitrogens with one attached hydrogen (secondary N) is 1. The molecule has 0 spiro atoms. The van der Waals surface area contributed by atoms with Gasteiger partial charge in [0.15, 0.2) is 11.6 Å². The molecule has 1 aliphatic rings. The van der Waals surface area contributed by atoms with E-state index in [4.69, 9.17) is 9.84 Å². The van der Waals surface area contributed by atoms with Crippen LogP contribution in [-0.2, 0) is 9.53 Å². The summed E-state index contributed by atoms with van der Waals surface area (Å²) in [7, 11) is 0. The van der Waals surface area contributed by atoms with Crippen molar-refractivity contribution in [1.82, 2.24) is 5.32 Å². The van der Waals surface area contributed by atoms with E-state index in [-0.39, 0.29) is 24.1 Å². The molecular formula is C23H26F2N2O4. The van der Waals surface area contributed by atoms with Gasteiger partial charge in [-0.2, -0.15) is 0 Å². The Hall–Kier alpha value is -3.00. The van der Waals surface area contributed by atoms with Crippen LogP contribution in [0.3, 0.4) is 0 Å². The highest BCUT2D eigenvalue weighted by Crippen LogP contribution is 2.31. The standard InChI is InChI=1S/C23H26F2N2O4/c24-19-10-5-11-20(22(19)25)27(18-8-2-1-3-9-18)23(30)26-13-16-6-4-7-17(12-16)14-31-15-21(28)29/h1-3,5,8-11,16-17H,4,6-7,12-15H2,(H,26,30)(H,28,29). The zero-order chi connectivity index (χ0) is 22.2. The van der Waals surface area contributed by atoms with Crippen molar-refractivity contribution in [3.05, 3.63) is 60.2 Å². The van der Waals surface area contributed by atoms with Crippen molar-refractivity contribution in [3.8, 4) is 0 Å². The van der Waals surface area contributed by atoms with E-state index in [1.165, 1.54) is 12.1 Å². The second-order valence-corrected chi connectivity index (χ2v) is 7.74. The third-order valence-electron chi connectivity index (χ3n) is 5.40. The zero-order valence-corrected chi connectivity index (χ0v) is 17.1. The number of rotatable bonds is 8. The van der Waals surface area contributed by atoms with Gasteiger partial charge in [0.25, 0.3) is 0 Å². The third-order valence-corrected chi connectivity index (χ3v) is 5.40. The van der Waals surface area contributed by atoms with Crippen LogP contribution < -0.4 is 10.2 Å². The normalized spacial score (nSPS) is 18.4. The lowest BCUT2D eigenvalue weighted by Crippen LogP contribution is -2.40. The summed E-state index contributed by atoms with van der Waals surface area (Å²) in [6, 6.07) is 11.7. The fourth-order valence-electron chi connectivity index (χ4n) is 3.97. The van der Waals surface area contributed by atoms with E-state index in [0.29, 0.717) is 18.8 Å². The largest absolute Gasteiger partial charge is 0.480 e. The number of amides is 2. The number of carbonyl (C=O) groups is 2. The van der Waals surface area contributed by atoms with Gasteiger partial charge in [-0.1, -0.05) is 30.7 Å². The molecule has 2 atom stereocenters. The molecule has 1 saturated carbocycles. The van der Waals surface area contributed by atoms with Crippen LogP contribution in [0, 0.1) is 23.5 Å². The van der Waals surface area contributed by atoms with E-state index in [2.05, 4.69) is 5.32 Å². The fraction of sp³-hybridized carbons (Fsp3) is 0.391. The Labute approximate surface area is 179 Å². The molecule has 0 heterocycles. The third kappa shape index (κ3) is 6.24. The molecule has 1 fully saturated rings. The molecule has 2 aromatic rings. The second-order valence-electron chi connectivity index (χ2n) is 7.74. The lowest BCUT2D eigenvalue weighted by atomic mass is 9.82. The summed E-state index contributed by atoms with van der Waals surface area (Å²) in [6.07, 6.45) is 3.65. The summed E-state index contributed by atoms with van der Waals surface area (Å²) >= 11 is 0. The number of hydrogen-bond acceptors (Lipinski definition) is 3. The van der Waals surface area contributed by atoms with Crippen molar-refractivity contribution in [2.45, 2.75) is 25.7 Å². The van der Waals surface area contributed by atoms with Gasteiger partial charge < -0.3 is 15.2 Å². The van der Waals surface area contributed by atoms with Gasteiger partial charge in [0.1, 0.15) is 6.61 Å². The van der Waals surface area contributed by atoms with Crippen LogP contribution in [0.5, 0.6) is 0 Å². The van der Waals surface area contributed by atoms with E-state index in [1.807, 2.05) is 0 Å². The summed E-state index contributed by atoms with van der Waals surface area (Å²) in [4.78, 5) is 24.7. The molecule has 2 unspecified atom stereocenters. The predicted molar refractivity (Wildman–Crippen MR) is 112 cm³/mol. The molecule has 0 aliphatic heterocycles. The Morgan fingerprint density at radius 1 is 1.06 bits per heavy atom. The summed E-state index contributed by atoms with van der Waals surface area (Å²) < 4.78 is 33.5. The zero-order valence-electron chi connectivity index (χ0n) is 17.1. The van der Waals surface area contributed by atoms with E-state index >= 15 is 0 Å². The molecule has 31 heavy (non-hydrogen) atoms. The van der Waals surface area contributed by atoms with E-state index in [0.717, 1.165) is 36.6 Å². The Morgan fingerprint density at radius 2 is 1.81 bits per heavy atom. The quantitative estimate of drug-likeness (QED) is 0.633. The molecule has 166 valence electrons. The summed E-state index contributed by atoms with van der Waals surface area (Å²) in [5.74, 6) is -2.67. The minimum Gasteiger partial charge on any atom is -0.480 e.